The molecule has 0 bridgehead atoms. The number of hydrogen-bond acceptors (Lipinski definition) is 6. The summed E-state index contributed by atoms with van der Waals surface area (Å²) in [6.45, 7) is -3.09. The Balaban J connectivity index is 2.21. The second-order valence-corrected chi connectivity index (χ2v) is 5.47. The van der Waals surface area contributed by atoms with E-state index in [0.29, 0.717) is 0 Å². The summed E-state index contributed by atoms with van der Waals surface area (Å²) in [7, 11) is 1.15. The molecule has 136 valence electrons. The van der Waals surface area contributed by atoms with Gasteiger partial charge in [0.05, 0.1) is 7.11 Å². The highest BCUT2D eigenvalue weighted by Gasteiger charge is 2.29. The molecule has 3 aromatic rings. The van der Waals surface area contributed by atoms with Gasteiger partial charge in [0.2, 0.25) is 0 Å². The molecular formula is C16H12ClF2N3O4. The molecule has 1 atom stereocenters. The fourth-order valence-corrected chi connectivity index (χ4v) is 2.62. The van der Waals surface area contributed by atoms with Gasteiger partial charge in [-0.2, -0.15) is 13.9 Å². The van der Waals surface area contributed by atoms with Gasteiger partial charge in [0.25, 0.3) is 0 Å². The molecule has 2 heterocycles. The molecule has 0 aliphatic carbocycles. The van der Waals surface area contributed by atoms with E-state index in [4.69, 9.17) is 11.6 Å². The van der Waals surface area contributed by atoms with Crippen LogP contribution in [-0.2, 0) is 4.74 Å². The second-order valence-electron chi connectivity index (χ2n) is 5.08. The monoisotopic (exact) mass is 383 g/mol. The Morgan fingerprint density at radius 2 is 2.00 bits per heavy atom. The first-order valence-corrected chi connectivity index (χ1v) is 7.65. The summed E-state index contributed by atoms with van der Waals surface area (Å²) in [5.74, 6) is -1.07. The number of para-hydroxylation sites is 1. The van der Waals surface area contributed by atoms with Crippen LogP contribution in [0, 0.1) is 0 Å². The van der Waals surface area contributed by atoms with E-state index in [1.807, 2.05) is 0 Å². The molecule has 1 N–H and O–H groups in total. The van der Waals surface area contributed by atoms with Gasteiger partial charge in [-0.15, -0.1) is 0 Å². The highest BCUT2D eigenvalue weighted by molar-refractivity contribution is 6.29. The molecular weight excluding hydrogens is 372 g/mol. The number of imidazole rings is 1. The number of ether oxygens (including phenoxy) is 2. The number of benzene rings is 1. The van der Waals surface area contributed by atoms with Gasteiger partial charge >= 0.3 is 12.6 Å². The first-order valence-electron chi connectivity index (χ1n) is 7.27. The van der Waals surface area contributed by atoms with Gasteiger partial charge < -0.3 is 14.6 Å². The van der Waals surface area contributed by atoms with Crippen LogP contribution in [0.2, 0.25) is 5.15 Å². The molecule has 0 aliphatic rings. The summed E-state index contributed by atoms with van der Waals surface area (Å²) >= 11 is 5.88. The number of carbonyl (C=O) groups excluding carboxylic acids is 1. The van der Waals surface area contributed by atoms with Crippen molar-refractivity contribution in [3.63, 3.8) is 0 Å². The van der Waals surface area contributed by atoms with Crippen LogP contribution in [0.4, 0.5) is 8.78 Å². The van der Waals surface area contributed by atoms with Crippen LogP contribution >= 0.6 is 11.6 Å². The van der Waals surface area contributed by atoms with Crippen molar-refractivity contribution in [2.24, 2.45) is 0 Å². The lowest BCUT2D eigenvalue weighted by molar-refractivity contribution is -0.0513. The number of alkyl halides is 2. The number of aromatic nitrogens is 3. The molecule has 0 amide bonds. The SMILES string of the molecule is COC(=O)c1nc2ccc(Cl)nn2c1C(O)c1ccccc1OC(F)F. The lowest BCUT2D eigenvalue weighted by atomic mass is 10.0. The molecule has 1 aromatic carbocycles. The number of carbonyl (C=O) groups is 1. The normalized spacial score (nSPS) is 12.4. The van der Waals surface area contributed by atoms with E-state index >= 15 is 0 Å². The number of fused-ring (bicyclic) bond motifs is 1. The lowest BCUT2D eigenvalue weighted by Gasteiger charge is -2.16. The van der Waals surface area contributed by atoms with E-state index in [2.05, 4.69) is 19.6 Å². The summed E-state index contributed by atoms with van der Waals surface area (Å²) in [6, 6.07) is 8.59. The molecule has 0 fully saturated rings. The second kappa shape index (κ2) is 7.22. The lowest BCUT2D eigenvalue weighted by Crippen LogP contribution is -2.14. The summed E-state index contributed by atoms with van der Waals surface area (Å²) < 4.78 is 35.6. The van der Waals surface area contributed by atoms with Gasteiger partial charge in [0, 0.05) is 5.56 Å². The van der Waals surface area contributed by atoms with Crippen molar-refractivity contribution in [3.8, 4) is 5.75 Å². The van der Waals surface area contributed by atoms with Gasteiger partial charge in [-0.25, -0.2) is 14.3 Å². The van der Waals surface area contributed by atoms with Gasteiger partial charge in [-0.1, -0.05) is 29.8 Å². The molecule has 1 unspecified atom stereocenters. The molecule has 7 nitrogen and oxygen atoms in total. The Morgan fingerprint density at radius 1 is 1.27 bits per heavy atom. The number of esters is 1. The third-order valence-electron chi connectivity index (χ3n) is 3.55. The van der Waals surface area contributed by atoms with Crippen LogP contribution in [0.15, 0.2) is 36.4 Å². The number of aliphatic hydroxyl groups is 1. The number of nitrogens with zero attached hydrogens (tertiary/aromatic N) is 3. The Morgan fingerprint density at radius 3 is 2.69 bits per heavy atom. The van der Waals surface area contributed by atoms with Crippen molar-refractivity contribution in [1.82, 2.24) is 14.6 Å². The van der Waals surface area contributed by atoms with Crippen molar-refractivity contribution < 1.29 is 28.2 Å². The van der Waals surface area contributed by atoms with Crippen molar-refractivity contribution in [2.45, 2.75) is 12.7 Å². The molecule has 0 spiro atoms. The summed E-state index contributed by atoms with van der Waals surface area (Å²) in [5, 5.41) is 14.9. The fourth-order valence-electron chi connectivity index (χ4n) is 2.48. The minimum Gasteiger partial charge on any atom is -0.464 e. The number of aliphatic hydroxyl groups excluding tert-OH is 1. The summed E-state index contributed by atoms with van der Waals surface area (Å²) in [6.07, 6.45) is -1.56. The standard InChI is InChI=1S/C16H12ClF2N3O4/c1-25-15(24)12-13(22-11(20-12)7-6-10(17)21-22)14(23)8-4-2-3-5-9(8)26-16(18)19/h2-7,14,16,23H,1H3. The van der Waals surface area contributed by atoms with Gasteiger partial charge in [0.15, 0.2) is 11.3 Å². The van der Waals surface area contributed by atoms with E-state index in [9.17, 15) is 18.7 Å². The fraction of sp³-hybridized carbons (Fsp3) is 0.188. The van der Waals surface area contributed by atoms with E-state index in [0.717, 1.165) is 11.6 Å². The third kappa shape index (κ3) is 3.31. The minimum atomic E-state index is -3.09. The van der Waals surface area contributed by atoms with Crippen LogP contribution in [0.5, 0.6) is 5.75 Å². The third-order valence-corrected chi connectivity index (χ3v) is 3.75. The van der Waals surface area contributed by atoms with Crippen molar-refractivity contribution in [3.05, 3.63) is 58.5 Å². The van der Waals surface area contributed by atoms with Crippen molar-refractivity contribution >= 4 is 23.2 Å². The Hall–Kier alpha value is -2.78. The largest absolute Gasteiger partial charge is 0.464 e. The molecule has 0 saturated carbocycles. The first-order chi connectivity index (χ1) is 12.4. The van der Waals surface area contributed by atoms with Crippen molar-refractivity contribution in [1.29, 1.82) is 0 Å². The van der Waals surface area contributed by atoms with Crippen LogP contribution in [0.25, 0.3) is 5.65 Å². The molecule has 2 aromatic heterocycles. The van der Waals surface area contributed by atoms with E-state index in [1.165, 1.54) is 36.4 Å². The molecule has 0 saturated heterocycles. The average molecular weight is 384 g/mol. The molecule has 0 aliphatic heterocycles. The Kier molecular flexibility index (Phi) is 5.01. The van der Waals surface area contributed by atoms with Crippen molar-refractivity contribution in [2.75, 3.05) is 7.11 Å². The van der Waals surface area contributed by atoms with Gasteiger partial charge in [0.1, 0.15) is 22.7 Å². The average Bonchev–Trinajstić information content (AvgIpc) is 2.99. The maximum Gasteiger partial charge on any atom is 0.387 e. The molecule has 0 radical (unpaired) electrons. The zero-order chi connectivity index (χ0) is 18.8. The predicted molar refractivity (Wildman–Crippen MR) is 86.5 cm³/mol. The van der Waals surface area contributed by atoms with Gasteiger partial charge in [-0.05, 0) is 18.2 Å². The van der Waals surface area contributed by atoms with Crippen LogP contribution in [-0.4, -0.2) is 39.4 Å². The van der Waals surface area contributed by atoms with E-state index < -0.39 is 18.7 Å². The minimum absolute atomic E-state index is 0.00142. The zero-order valence-corrected chi connectivity index (χ0v) is 14.0. The predicted octanol–water partition coefficient (Wildman–Crippen LogP) is 2.85. The van der Waals surface area contributed by atoms with Crippen LogP contribution in [0.1, 0.15) is 27.8 Å². The summed E-state index contributed by atoms with van der Waals surface area (Å²) in [4.78, 5) is 16.1. The number of halogens is 3. The summed E-state index contributed by atoms with van der Waals surface area (Å²) in [5.41, 5.74) is -0.0843. The first kappa shape index (κ1) is 18.0. The molecule has 3 rings (SSSR count). The Labute approximate surface area is 150 Å². The number of hydrogen-bond donors (Lipinski definition) is 1. The van der Waals surface area contributed by atoms with Crippen LogP contribution in [0.3, 0.4) is 0 Å². The highest BCUT2D eigenvalue weighted by Crippen LogP contribution is 2.33. The number of methoxy groups -OCH3 is 1. The maximum absolute atomic E-state index is 12.6. The smallest absolute Gasteiger partial charge is 0.387 e. The van der Waals surface area contributed by atoms with Crippen LogP contribution < -0.4 is 4.74 Å². The quantitative estimate of drug-likeness (QED) is 0.682. The molecule has 10 heteroatoms. The maximum atomic E-state index is 12.6. The van der Waals surface area contributed by atoms with E-state index in [1.54, 1.807) is 0 Å². The zero-order valence-electron chi connectivity index (χ0n) is 13.3. The van der Waals surface area contributed by atoms with E-state index in [-0.39, 0.29) is 33.5 Å². The number of rotatable bonds is 5. The topological polar surface area (TPSA) is 86.0 Å². The molecule has 26 heavy (non-hydrogen) atoms. The Bertz CT molecular complexity index is 964. The van der Waals surface area contributed by atoms with Gasteiger partial charge in [-0.3, -0.25) is 0 Å². The highest BCUT2D eigenvalue weighted by atomic mass is 35.5.